The van der Waals surface area contributed by atoms with Crippen molar-refractivity contribution in [2.75, 3.05) is 0 Å². The SMILES string of the molecule is O=c1c2ccccc2ncn1-c1ccc([N+](=O)[O-])cc1. The van der Waals surface area contributed by atoms with Crippen molar-refractivity contribution in [3.8, 4) is 5.69 Å². The van der Waals surface area contributed by atoms with Gasteiger partial charge < -0.3 is 0 Å². The lowest BCUT2D eigenvalue weighted by molar-refractivity contribution is -0.384. The van der Waals surface area contributed by atoms with E-state index in [2.05, 4.69) is 4.98 Å². The maximum Gasteiger partial charge on any atom is 0.269 e. The Morgan fingerprint density at radius 3 is 2.45 bits per heavy atom. The Kier molecular flexibility index (Phi) is 2.76. The lowest BCUT2D eigenvalue weighted by Crippen LogP contribution is -2.18. The van der Waals surface area contributed by atoms with Gasteiger partial charge in [-0.15, -0.1) is 0 Å². The van der Waals surface area contributed by atoms with Gasteiger partial charge in [-0.25, -0.2) is 4.98 Å². The van der Waals surface area contributed by atoms with Gasteiger partial charge in [0.1, 0.15) is 6.33 Å². The molecule has 3 rings (SSSR count). The van der Waals surface area contributed by atoms with Crippen LogP contribution >= 0.6 is 0 Å². The third-order valence-electron chi connectivity index (χ3n) is 3.00. The van der Waals surface area contributed by atoms with Crippen LogP contribution in [0, 0.1) is 10.1 Å². The van der Waals surface area contributed by atoms with Crippen LogP contribution in [0.5, 0.6) is 0 Å². The topological polar surface area (TPSA) is 78.0 Å². The third-order valence-corrected chi connectivity index (χ3v) is 3.00. The number of hydrogen-bond acceptors (Lipinski definition) is 4. The molecule has 0 aliphatic heterocycles. The summed E-state index contributed by atoms with van der Waals surface area (Å²) in [6, 6.07) is 12.8. The van der Waals surface area contributed by atoms with E-state index in [4.69, 9.17) is 0 Å². The molecule has 0 radical (unpaired) electrons. The van der Waals surface area contributed by atoms with Crippen molar-refractivity contribution in [3.05, 3.63) is 75.3 Å². The molecule has 0 N–H and O–H groups in total. The zero-order valence-corrected chi connectivity index (χ0v) is 10.3. The molecule has 0 fully saturated rings. The minimum absolute atomic E-state index is 0.0180. The van der Waals surface area contributed by atoms with E-state index in [0.717, 1.165) is 0 Å². The van der Waals surface area contributed by atoms with Crippen LogP contribution in [-0.2, 0) is 0 Å². The number of para-hydroxylation sites is 1. The van der Waals surface area contributed by atoms with Crippen molar-refractivity contribution < 1.29 is 4.92 Å². The summed E-state index contributed by atoms with van der Waals surface area (Å²) in [5, 5.41) is 11.1. The second-order valence-corrected chi connectivity index (χ2v) is 4.21. The fraction of sp³-hybridized carbons (Fsp3) is 0. The maximum absolute atomic E-state index is 12.3. The van der Waals surface area contributed by atoms with Crippen LogP contribution in [0.3, 0.4) is 0 Å². The highest BCUT2D eigenvalue weighted by Crippen LogP contribution is 2.14. The number of non-ortho nitro benzene ring substituents is 1. The Hall–Kier alpha value is -3.02. The highest BCUT2D eigenvalue weighted by atomic mass is 16.6. The van der Waals surface area contributed by atoms with E-state index < -0.39 is 4.92 Å². The normalized spacial score (nSPS) is 10.6. The molecule has 0 saturated heterocycles. The quantitative estimate of drug-likeness (QED) is 0.527. The lowest BCUT2D eigenvalue weighted by atomic mass is 10.2. The molecule has 1 aromatic heterocycles. The molecule has 0 spiro atoms. The van der Waals surface area contributed by atoms with Crippen molar-refractivity contribution >= 4 is 16.6 Å². The Balaban J connectivity index is 2.17. The monoisotopic (exact) mass is 267 g/mol. The first-order chi connectivity index (χ1) is 9.66. The molecule has 2 aromatic carbocycles. The average molecular weight is 267 g/mol. The highest BCUT2D eigenvalue weighted by Gasteiger charge is 2.08. The van der Waals surface area contributed by atoms with Gasteiger partial charge in [0.25, 0.3) is 11.2 Å². The molecular weight excluding hydrogens is 258 g/mol. The van der Waals surface area contributed by atoms with E-state index in [0.29, 0.717) is 16.6 Å². The van der Waals surface area contributed by atoms with Crippen LogP contribution in [0.25, 0.3) is 16.6 Å². The third kappa shape index (κ3) is 1.93. The standard InChI is InChI=1S/C14H9N3O3/c18-14-12-3-1-2-4-13(12)15-9-16(14)10-5-7-11(8-6-10)17(19)20/h1-9H. The lowest BCUT2D eigenvalue weighted by Gasteiger charge is -2.06. The van der Waals surface area contributed by atoms with Crippen LogP contribution in [0.15, 0.2) is 59.7 Å². The smallest absolute Gasteiger partial charge is 0.268 e. The molecule has 0 aliphatic carbocycles. The summed E-state index contributed by atoms with van der Waals surface area (Å²) < 4.78 is 1.37. The minimum Gasteiger partial charge on any atom is -0.268 e. The predicted molar refractivity (Wildman–Crippen MR) is 74.0 cm³/mol. The number of benzene rings is 2. The first-order valence-electron chi connectivity index (χ1n) is 5.88. The number of aromatic nitrogens is 2. The van der Waals surface area contributed by atoms with Gasteiger partial charge in [-0.2, -0.15) is 0 Å². The molecule has 3 aromatic rings. The molecule has 6 heteroatoms. The minimum atomic E-state index is -0.481. The molecule has 0 amide bonds. The van der Waals surface area contributed by atoms with Gasteiger partial charge in [0.05, 0.1) is 21.5 Å². The molecule has 0 unspecified atom stereocenters. The molecule has 0 atom stereocenters. The van der Waals surface area contributed by atoms with Crippen molar-refractivity contribution in [3.63, 3.8) is 0 Å². The molecule has 20 heavy (non-hydrogen) atoms. The summed E-state index contributed by atoms with van der Waals surface area (Å²) >= 11 is 0. The number of nitrogens with zero attached hydrogens (tertiary/aromatic N) is 3. The largest absolute Gasteiger partial charge is 0.269 e. The maximum atomic E-state index is 12.3. The number of fused-ring (bicyclic) bond motifs is 1. The molecular formula is C14H9N3O3. The number of nitro groups is 1. The van der Waals surface area contributed by atoms with Gasteiger partial charge in [0.2, 0.25) is 0 Å². The summed E-state index contributed by atoms with van der Waals surface area (Å²) in [5.41, 5.74) is 0.939. The van der Waals surface area contributed by atoms with Gasteiger partial charge >= 0.3 is 0 Å². The molecule has 0 bridgehead atoms. The van der Waals surface area contributed by atoms with Gasteiger partial charge in [0.15, 0.2) is 0 Å². The number of nitro benzene ring substituents is 1. The second kappa shape index (κ2) is 4.58. The van der Waals surface area contributed by atoms with Gasteiger partial charge in [0, 0.05) is 12.1 Å². The van der Waals surface area contributed by atoms with Crippen LogP contribution in [-0.4, -0.2) is 14.5 Å². The van der Waals surface area contributed by atoms with Crippen molar-refractivity contribution in [2.24, 2.45) is 0 Å². The Morgan fingerprint density at radius 1 is 1.05 bits per heavy atom. The van der Waals surface area contributed by atoms with Crippen molar-refractivity contribution in [1.82, 2.24) is 9.55 Å². The Morgan fingerprint density at radius 2 is 1.75 bits per heavy atom. The zero-order chi connectivity index (χ0) is 14.1. The first kappa shape index (κ1) is 12.0. The molecule has 98 valence electrons. The summed E-state index contributed by atoms with van der Waals surface area (Å²) in [6.07, 6.45) is 1.42. The van der Waals surface area contributed by atoms with E-state index in [9.17, 15) is 14.9 Å². The van der Waals surface area contributed by atoms with Crippen LogP contribution < -0.4 is 5.56 Å². The molecule has 6 nitrogen and oxygen atoms in total. The average Bonchev–Trinajstić information content (AvgIpc) is 2.48. The number of rotatable bonds is 2. The number of hydrogen-bond donors (Lipinski definition) is 0. The van der Waals surface area contributed by atoms with E-state index in [1.807, 2.05) is 6.07 Å². The summed E-state index contributed by atoms with van der Waals surface area (Å²) in [4.78, 5) is 26.7. The van der Waals surface area contributed by atoms with Crippen LogP contribution in [0.1, 0.15) is 0 Å². The highest BCUT2D eigenvalue weighted by molar-refractivity contribution is 5.77. The summed E-state index contributed by atoms with van der Waals surface area (Å²) in [6.45, 7) is 0. The summed E-state index contributed by atoms with van der Waals surface area (Å²) in [5.74, 6) is 0. The first-order valence-corrected chi connectivity index (χ1v) is 5.88. The zero-order valence-electron chi connectivity index (χ0n) is 10.3. The second-order valence-electron chi connectivity index (χ2n) is 4.21. The fourth-order valence-electron chi connectivity index (χ4n) is 1.99. The molecule has 0 saturated carbocycles. The van der Waals surface area contributed by atoms with Gasteiger partial charge in [-0.3, -0.25) is 19.5 Å². The fourth-order valence-corrected chi connectivity index (χ4v) is 1.99. The van der Waals surface area contributed by atoms with Crippen molar-refractivity contribution in [1.29, 1.82) is 0 Å². The van der Waals surface area contributed by atoms with E-state index in [1.165, 1.54) is 35.2 Å². The van der Waals surface area contributed by atoms with E-state index >= 15 is 0 Å². The Bertz CT molecular complexity index is 853. The van der Waals surface area contributed by atoms with Crippen LogP contribution in [0.4, 0.5) is 5.69 Å². The molecule has 1 heterocycles. The van der Waals surface area contributed by atoms with Gasteiger partial charge in [-0.05, 0) is 24.3 Å². The Labute approximate surface area is 113 Å². The van der Waals surface area contributed by atoms with E-state index in [-0.39, 0.29) is 11.2 Å². The van der Waals surface area contributed by atoms with Gasteiger partial charge in [-0.1, -0.05) is 12.1 Å². The van der Waals surface area contributed by atoms with Crippen molar-refractivity contribution in [2.45, 2.75) is 0 Å². The van der Waals surface area contributed by atoms with E-state index in [1.54, 1.807) is 18.2 Å². The summed E-state index contributed by atoms with van der Waals surface area (Å²) in [7, 11) is 0. The molecule has 0 aliphatic rings. The predicted octanol–water partition coefficient (Wildman–Crippen LogP) is 2.29. The van der Waals surface area contributed by atoms with Crippen LogP contribution in [0.2, 0.25) is 0 Å².